The molecule has 0 amide bonds. The van der Waals surface area contributed by atoms with Crippen molar-refractivity contribution in [2.75, 3.05) is 19.7 Å². The van der Waals surface area contributed by atoms with Gasteiger partial charge in [-0.15, -0.1) is 0 Å². The Morgan fingerprint density at radius 3 is 3.00 bits per heavy atom. The molecule has 1 aromatic carbocycles. The molecule has 1 aromatic rings. The molecule has 2 rings (SSSR count). The zero-order valence-corrected chi connectivity index (χ0v) is 10.4. The molecule has 0 bridgehead atoms. The lowest BCUT2D eigenvalue weighted by molar-refractivity contribution is 0.302. The number of ether oxygens (including phenoxy) is 1. The maximum Gasteiger partial charge on any atom is 0.124 e. The van der Waals surface area contributed by atoms with Crippen molar-refractivity contribution in [3.8, 4) is 5.75 Å². The Morgan fingerprint density at radius 2 is 2.24 bits per heavy atom. The third-order valence-electron chi connectivity index (χ3n) is 2.86. The predicted octanol–water partition coefficient (Wildman–Crippen LogP) is 2.71. The summed E-state index contributed by atoms with van der Waals surface area (Å²) in [5.41, 5.74) is 1.25. The van der Waals surface area contributed by atoms with Gasteiger partial charge in [0, 0.05) is 18.7 Å². The zero-order chi connectivity index (χ0) is 11.9. The van der Waals surface area contributed by atoms with Gasteiger partial charge in [-0.2, -0.15) is 0 Å². The highest BCUT2D eigenvalue weighted by atomic mass is 16.5. The van der Waals surface area contributed by atoms with Crippen LogP contribution in [-0.2, 0) is 6.54 Å². The molecule has 3 nitrogen and oxygen atoms in total. The molecule has 0 aromatic heterocycles. The summed E-state index contributed by atoms with van der Waals surface area (Å²) in [5.74, 6) is 1.02. The van der Waals surface area contributed by atoms with Crippen molar-refractivity contribution >= 4 is 6.34 Å². The SMILES string of the molecule is CCCCOc1ccccc1CN1C=NCC1. The summed E-state index contributed by atoms with van der Waals surface area (Å²) in [6, 6.07) is 8.28. The standard InChI is InChI=1S/C14H20N2O/c1-2-3-10-17-14-7-5-4-6-13(14)11-16-9-8-15-12-16/h4-7,12H,2-3,8-11H2,1H3. The molecule has 0 saturated carbocycles. The number of unbranched alkanes of at least 4 members (excludes halogenated alkanes) is 1. The molecule has 0 saturated heterocycles. The molecule has 1 aliphatic rings. The van der Waals surface area contributed by atoms with E-state index in [2.05, 4.69) is 35.0 Å². The van der Waals surface area contributed by atoms with Gasteiger partial charge in [-0.3, -0.25) is 4.99 Å². The lowest BCUT2D eigenvalue weighted by Gasteiger charge is -2.17. The van der Waals surface area contributed by atoms with E-state index in [4.69, 9.17) is 4.74 Å². The van der Waals surface area contributed by atoms with Gasteiger partial charge in [0.15, 0.2) is 0 Å². The fourth-order valence-electron chi connectivity index (χ4n) is 1.86. The quantitative estimate of drug-likeness (QED) is 0.704. The van der Waals surface area contributed by atoms with E-state index in [0.29, 0.717) is 0 Å². The topological polar surface area (TPSA) is 24.8 Å². The molecule has 92 valence electrons. The lowest BCUT2D eigenvalue weighted by Crippen LogP contribution is -2.19. The average molecular weight is 232 g/mol. The van der Waals surface area contributed by atoms with Gasteiger partial charge in [-0.1, -0.05) is 31.5 Å². The van der Waals surface area contributed by atoms with Crippen molar-refractivity contribution < 1.29 is 4.74 Å². The predicted molar refractivity (Wildman–Crippen MR) is 70.6 cm³/mol. The molecule has 0 N–H and O–H groups in total. The first-order valence-electron chi connectivity index (χ1n) is 6.35. The van der Waals surface area contributed by atoms with E-state index in [0.717, 1.165) is 38.4 Å². The second-order valence-electron chi connectivity index (χ2n) is 4.30. The zero-order valence-electron chi connectivity index (χ0n) is 10.4. The van der Waals surface area contributed by atoms with E-state index in [9.17, 15) is 0 Å². The van der Waals surface area contributed by atoms with Crippen LogP contribution in [0.3, 0.4) is 0 Å². The molecule has 0 fully saturated rings. The third kappa shape index (κ3) is 3.48. The van der Waals surface area contributed by atoms with Gasteiger partial charge in [0.25, 0.3) is 0 Å². The molecular weight excluding hydrogens is 212 g/mol. The number of para-hydroxylation sites is 1. The summed E-state index contributed by atoms with van der Waals surface area (Å²) in [5, 5.41) is 0. The van der Waals surface area contributed by atoms with Crippen LogP contribution in [0.1, 0.15) is 25.3 Å². The van der Waals surface area contributed by atoms with Gasteiger partial charge < -0.3 is 9.64 Å². The summed E-state index contributed by atoms with van der Waals surface area (Å²) in [4.78, 5) is 6.45. The Morgan fingerprint density at radius 1 is 1.35 bits per heavy atom. The highest BCUT2D eigenvalue weighted by Crippen LogP contribution is 2.20. The summed E-state index contributed by atoms with van der Waals surface area (Å²) in [6.07, 6.45) is 4.21. The fraction of sp³-hybridized carbons (Fsp3) is 0.500. The second-order valence-corrected chi connectivity index (χ2v) is 4.30. The van der Waals surface area contributed by atoms with E-state index < -0.39 is 0 Å². The van der Waals surface area contributed by atoms with Gasteiger partial charge in [0.05, 0.1) is 19.5 Å². The molecule has 17 heavy (non-hydrogen) atoms. The van der Waals surface area contributed by atoms with Gasteiger partial charge in [-0.25, -0.2) is 0 Å². The van der Waals surface area contributed by atoms with Crippen LogP contribution in [0.4, 0.5) is 0 Å². The van der Waals surface area contributed by atoms with E-state index in [-0.39, 0.29) is 0 Å². The van der Waals surface area contributed by atoms with Crippen LogP contribution in [0.2, 0.25) is 0 Å². The molecular formula is C14H20N2O. The van der Waals surface area contributed by atoms with Crippen LogP contribution in [0.5, 0.6) is 5.75 Å². The van der Waals surface area contributed by atoms with Crippen LogP contribution in [0, 0.1) is 0 Å². The normalized spacial score (nSPS) is 14.3. The minimum atomic E-state index is 0.807. The first-order valence-corrected chi connectivity index (χ1v) is 6.35. The molecule has 0 spiro atoms. The van der Waals surface area contributed by atoms with Crippen molar-refractivity contribution in [2.45, 2.75) is 26.3 Å². The number of hydrogen-bond donors (Lipinski definition) is 0. The maximum absolute atomic E-state index is 5.82. The van der Waals surface area contributed by atoms with Crippen LogP contribution in [0.25, 0.3) is 0 Å². The molecule has 1 heterocycles. The Labute approximate surface area is 103 Å². The number of aliphatic imine (C=N–C) groups is 1. The number of hydrogen-bond acceptors (Lipinski definition) is 3. The maximum atomic E-state index is 5.82. The molecule has 0 radical (unpaired) electrons. The van der Waals surface area contributed by atoms with Crippen molar-refractivity contribution in [3.63, 3.8) is 0 Å². The van der Waals surface area contributed by atoms with Crippen molar-refractivity contribution in [1.82, 2.24) is 4.90 Å². The van der Waals surface area contributed by atoms with Crippen LogP contribution in [0.15, 0.2) is 29.3 Å². The molecule has 0 unspecified atom stereocenters. The number of rotatable bonds is 6. The van der Waals surface area contributed by atoms with E-state index in [1.165, 1.54) is 12.0 Å². The monoisotopic (exact) mass is 232 g/mol. The minimum absolute atomic E-state index is 0.807. The largest absolute Gasteiger partial charge is 0.493 e. The molecule has 0 atom stereocenters. The summed E-state index contributed by atoms with van der Waals surface area (Å²) >= 11 is 0. The fourth-order valence-corrected chi connectivity index (χ4v) is 1.86. The molecule has 3 heteroatoms. The smallest absolute Gasteiger partial charge is 0.124 e. The van der Waals surface area contributed by atoms with Gasteiger partial charge >= 0.3 is 0 Å². The first-order chi connectivity index (χ1) is 8.40. The Bertz CT molecular complexity index is 376. The van der Waals surface area contributed by atoms with Crippen LogP contribution < -0.4 is 4.74 Å². The minimum Gasteiger partial charge on any atom is -0.493 e. The Kier molecular flexibility index (Phi) is 4.42. The average Bonchev–Trinajstić information content (AvgIpc) is 2.84. The molecule has 1 aliphatic heterocycles. The van der Waals surface area contributed by atoms with Gasteiger partial charge in [-0.05, 0) is 12.5 Å². The van der Waals surface area contributed by atoms with Gasteiger partial charge in [0.2, 0.25) is 0 Å². The summed E-state index contributed by atoms with van der Waals surface area (Å²) in [6.45, 7) is 5.81. The highest BCUT2D eigenvalue weighted by molar-refractivity contribution is 5.57. The molecule has 0 aliphatic carbocycles. The summed E-state index contributed by atoms with van der Waals surface area (Å²) in [7, 11) is 0. The van der Waals surface area contributed by atoms with E-state index in [1.54, 1.807) is 0 Å². The van der Waals surface area contributed by atoms with Crippen molar-refractivity contribution in [3.05, 3.63) is 29.8 Å². The second kappa shape index (κ2) is 6.28. The first kappa shape index (κ1) is 12.0. The van der Waals surface area contributed by atoms with E-state index >= 15 is 0 Å². The van der Waals surface area contributed by atoms with Crippen LogP contribution >= 0.6 is 0 Å². The van der Waals surface area contributed by atoms with E-state index in [1.807, 2.05) is 12.4 Å². The highest BCUT2D eigenvalue weighted by Gasteiger charge is 2.09. The Balaban J connectivity index is 1.96. The van der Waals surface area contributed by atoms with Crippen LogP contribution in [-0.4, -0.2) is 30.9 Å². The van der Waals surface area contributed by atoms with Crippen molar-refractivity contribution in [2.24, 2.45) is 4.99 Å². The van der Waals surface area contributed by atoms with Gasteiger partial charge in [0.1, 0.15) is 5.75 Å². The number of benzene rings is 1. The summed E-state index contributed by atoms with van der Waals surface area (Å²) < 4.78 is 5.82. The number of nitrogens with zero attached hydrogens (tertiary/aromatic N) is 2. The third-order valence-corrected chi connectivity index (χ3v) is 2.86. The Hall–Kier alpha value is -1.51. The van der Waals surface area contributed by atoms with Crippen molar-refractivity contribution in [1.29, 1.82) is 0 Å². The lowest BCUT2D eigenvalue weighted by atomic mass is 10.2.